The molecule has 0 aliphatic carbocycles. The second kappa shape index (κ2) is 7.80. The smallest absolute Gasteiger partial charge is 0.255 e. The molecule has 28 heavy (non-hydrogen) atoms. The van der Waals surface area contributed by atoms with Crippen LogP contribution in [-0.2, 0) is 6.54 Å². The highest BCUT2D eigenvalue weighted by molar-refractivity contribution is 5.86. The summed E-state index contributed by atoms with van der Waals surface area (Å²) in [5.74, 6) is 0.901. The first kappa shape index (κ1) is 18.8. The minimum absolute atomic E-state index is 0.0420. The molecule has 0 amide bonds. The molecule has 4 heteroatoms. The molecule has 0 unspecified atom stereocenters. The Morgan fingerprint density at radius 2 is 1.71 bits per heavy atom. The van der Waals surface area contributed by atoms with Gasteiger partial charge in [0.25, 0.3) is 5.56 Å². The van der Waals surface area contributed by atoms with E-state index in [0.717, 1.165) is 60.1 Å². The molecular weight excluding hydrogens is 348 g/mol. The van der Waals surface area contributed by atoms with Crippen molar-refractivity contribution < 1.29 is 4.74 Å². The highest BCUT2D eigenvalue weighted by Crippen LogP contribution is 2.28. The number of aromatic nitrogens is 1. The lowest BCUT2D eigenvalue weighted by molar-refractivity contribution is 0.0964. The van der Waals surface area contributed by atoms with E-state index in [1.54, 1.807) is 6.20 Å². The van der Waals surface area contributed by atoms with E-state index in [1.165, 1.54) is 11.1 Å². The quantitative estimate of drug-likeness (QED) is 0.729. The molecule has 0 bridgehead atoms. The molecule has 1 aliphatic heterocycles. The summed E-state index contributed by atoms with van der Waals surface area (Å²) >= 11 is 0. The molecule has 1 N–H and O–H groups in total. The van der Waals surface area contributed by atoms with Crippen LogP contribution >= 0.6 is 0 Å². The van der Waals surface area contributed by atoms with Crippen LogP contribution in [0, 0.1) is 20.8 Å². The van der Waals surface area contributed by atoms with Crippen LogP contribution in [0.1, 0.15) is 35.1 Å². The van der Waals surface area contributed by atoms with Gasteiger partial charge in [-0.3, -0.25) is 9.69 Å². The summed E-state index contributed by atoms with van der Waals surface area (Å²) < 4.78 is 6.36. The molecule has 0 spiro atoms. The van der Waals surface area contributed by atoms with Crippen molar-refractivity contribution in [1.82, 2.24) is 9.88 Å². The Morgan fingerprint density at radius 3 is 2.43 bits per heavy atom. The lowest BCUT2D eigenvalue weighted by Gasteiger charge is -2.32. The van der Waals surface area contributed by atoms with Crippen LogP contribution < -0.4 is 10.3 Å². The second-order valence-electron chi connectivity index (χ2n) is 8.04. The largest absolute Gasteiger partial charge is 0.490 e. The first-order valence-corrected chi connectivity index (χ1v) is 10.1. The van der Waals surface area contributed by atoms with Gasteiger partial charge in [-0.15, -0.1) is 0 Å². The van der Waals surface area contributed by atoms with Crippen LogP contribution in [0.2, 0.25) is 0 Å². The zero-order chi connectivity index (χ0) is 19.7. The Balaban J connectivity index is 1.42. The highest BCUT2D eigenvalue weighted by Gasteiger charge is 2.21. The van der Waals surface area contributed by atoms with E-state index < -0.39 is 0 Å². The van der Waals surface area contributed by atoms with Crippen molar-refractivity contribution >= 4 is 10.8 Å². The van der Waals surface area contributed by atoms with E-state index in [0.29, 0.717) is 0 Å². The molecule has 4 rings (SSSR count). The topological polar surface area (TPSA) is 45.3 Å². The number of nitrogens with one attached hydrogen (secondary N) is 1. The Kier molecular flexibility index (Phi) is 5.23. The molecule has 1 saturated heterocycles. The van der Waals surface area contributed by atoms with Crippen LogP contribution in [0.15, 0.2) is 47.4 Å². The molecule has 1 fully saturated rings. The average Bonchev–Trinajstić information content (AvgIpc) is 2.69. The third-order valence-electron chi connectivity index (χ3n) is 5.76. The SMILES string of the molecule is Cc1ccc(CN2CCC(Oc3cc4c(C)c[nH]c(=O)c4cc3C)CC2)cc1. The zero-order valence-corrected chi connectivity index (χ0v) is 16.9. The summed E-state index contributed by atoms with van der Waals surface area (Å²) in [6.45, 7) is 9.25. The van der Waals surface area contributed by atoms with Crippen molar-refractivity contribution in [1.29, 1.82) is 0 Å². The Morgan fingerprint density at radius 1 is 1.00 bits per heavy atom. The standard InChI is InChI=1S/C24H28N2O2/c1-16-4-6-19(7-5-16)15-26-10-8-20(9-11-26)28-23-13-21-18(3)14-25-24(27)22(21)12-17(23)2/h4-7,12-14,20H,8-11,15H2,1-3H3,(H,25,27). The van der Waals surface area contributed by atoms with Crippen molar-refractivity contribution in [3.63, 3.8) is 0 Å². The van der Waals surface area contributed by atoms with Crippen molar-refractivity contribution in [2.24, 2.45) is 0 Å². The van der Waals surface area contributed by atoms with E-state index in [-0.39, 0.29) is 11.7 Å². The molecule has 0 atom stereocenters. The van der Waals surface area contributed by atoms with Crippen molar-refractivity contribution in [3.8, 4) is 5.75 Å². The number of nitrogens with zero attached hydrogens (tertiary/aromatic N) is 1. The normalized spacial score (nSPS) is 15.8. The fourth-order valence-electron chi connectivity index (χ4n) is 3.97. The van der Waals surface area contributed by atoms with Gasteiger partial charge < -0.3 is 9.72 Å². The molecular formula is C24H28N2O2. The van der Waals surface area contributed by atoms with Gasteiger partial charge in [-0.05, 0) is 67.8 Å². The molecule has 2 aromatic carbocycles. The lowest BCUT2D eigenvalue weighted by atomic mass is 10.0. The maximum absolute atomic E-state index is 12.1. The summed E-state index contributed by atoms with van der Waals surface area (Å²) in [6.07, 6.45) is 4.05. The number of benzene rings is 2. The van der Waals surface area contributed by atoms with Gasteiger partial charge in [-0.1, -0.05) is 29.8 Å². The minimum atomic E-state index is -0.0420. The molecule has 146 valence electrons. The van der Waals surface area contributed by atoms with Gasteiger partial charge in [0.1, 0.15) is 11.9 Å². The van der Waals surface area contributed by atoms with Gasteiger partial charge >= 0.3 is 0 Å². The molecule has 2 heterocycles. The van der Waals surface area contributed by atoms with Crippen molar-refractivity contribution in [3.05, 3.63) is 75.2 Å². The highest BCUT2D eigenvalue weighted by atomic mass is 16.5. The Bertz CT molecular complexity index is 1030. The fourth-order valence-corrected chi connectivity index (χ4v) is 3.97. The summed E-state index contributed by atoms with van der Waals surface area (Å²) in [4.78, 5) is 17.4. The number of aryl methyl sites for hydroxylation is 3. The predicted molar refractivity (Wildman–Crippen MR) is 114 cm³/mol. The summed E-state index contributed by atoms with van der Waals surface area (Å²) in [5, 5.41) is 1.71. The number of piperidine rings is 1. The summed E-state index contributed by atoms with van der Waals surface area (Å²) in [5.41, 5.74) is 4.72. The van der Waals surface area contributed by atoms with Crippen molar-refractivity contribution in [2.45, 2.75) is 46.3 Å². The Hall–Kier alpha value is -2.59. The van der Waals surface area contributed by atoms with E-state index in [1.807, 2.05) is 26.0 Å². The third-order valence-corrected chi connectivity index (χ3v) is 5.76. The second-order valence-corrected chi connectivity index (χ2v) is 8.04. The number of rotatable bonds is 4. The molecule has 1 aromatic heterocycles. The molecule has 3 aromatic rings. The number of aromatic amines is 1. The number of hydrogen-bond acceptors (Lipinski definition) is 3. The van der Waals surface area contributed by atoms with Crippen LogP contribution in [0.4, 0.5) is 0 Å². The monoisotopic (exact) mass is 376 g/mol. The van der Waals surface area contributed by atoms with E-state index in [2.05, 4.69) is 41.1 Å². The lowest BCUT2D eigenvalue weighted by Crippen LogP contribution is -2.37. The third kappa shape index (κ3) is 3.97. The van der Waals surface area contributed by atoms with Crippen molar-refractivity contribution in [2.75, 3.05) is 13.1 Å². The van der Waals surface area contributed by atoms with E-state index >= 15 is 0 Å². The average molecular weight is 377 g/mol. The van der Waals surface area contributed by atoms with E-state index in [4.69, 9.17) is 4.74 Å². The minimum Gasteiger partial charge on any atom is -0.490 e. The fraction of sp³-hybridized carbons (Fsp3) is 0.375. The summed E-state index contributed by atoms with van der Waals surface area (Å²) in [6, 6.07) is 12.8. The van der Waals surface area contributed by atoms with Gasteiger partial charge in [0.15, 0.2) is 0 Å². The van der Waals surface area contributed by atoms with Gasteiger partial charge in [-0.2, -0.15) is 0 Å². The van der Waals surface area contributed by atoms with Crippen LogP contribution in [0.5, 0.6) is 5.75 Å². The summed E-state index contributed by atoms with van der Waals surface area (Å²) in [7, 11) is 0. The van der Waals surface area contributed by atoms with Gasteiger partial charge in [-0.25, -0.2) is 0 Å². The number of hydrogen-bond donors (Lipinski definition) is 1. The van der Waals surface area contributed by atoms with Gasteiger partial charge in [0, 0.05) is 31.2 Å². The molecule has 4 nitrogen and oxygen atoms in total. The van der Waals surface area contributed by atoms with Gasteiger partial charge in [0.2, 0.25) is 0 Å². The van der Waals surface area contributed by atoms with Crippen LogP contribution in [-0.4, -0.2) is 29.1 Å². The van der Waals surface area contributed by atoms with Gasteiger partial charge in [0.05, 0.1) is 0 Å². The molecule has 0 saturated carbocycles. The number of ether oxygens (including phenoxy) is 1. The van der Waals surface area contributed by atoms with E-state index in [9.17, 15) is 4.79 Å². The number of likely N-dealkylation sites (tertiary alicyclic amines) is 1. The molecule has 1 aliphatic rings. The maximum Gasteiger partial charge on any atom is 0.255 e. The van der Waals surface area contributed by atoms with Crippen LogP contribution in [0.3, 0.4) is 0 Å². The number of pyridine rings is 1. The number of fused-ring (bicyclic) bond motifs is 1. The van der Waals surface area contributed by atoms with Crippen LogP contribution in [0.25, 0.3) is 10.8 Å². The maximum atomic E-state index is 12.1. The first-order chi connectivity index (χ1) is 13.5. The predicted octanol–water partition coefficient (Wildman–Crippen LogP) is 4.50. The zero-order valence-electron chi connectivity index (χ0n) is 16.9. The number of H-pyrrole nitrogens is 1. The first-order valence-electron chi connectivity index (χ1n) is 10.1. The molecule has 0 radical (unpaired) electrons. The Labute approximate surface area is 166 Å².